The summed E-state index contributed by atoms with van der Waals surface area (Å²) in [7, 11) is 0. The molecule has 90 valence electrons. The Hall–Kier alpha value is -1.35. The van der Waals surface area contributed by atoms with Crippen molar-refractivity contribution in [3.63, 3.8) is 0 Å². The van der Waals surface area contributed by atoms with E-state index in [0.717, 1.165) is 10.6 Å². The lowest BCUT2D eigenvalue weighted by Crippen LogP contribution is -2.13. The van der Waals surface area contributed by atoms with E-state index in [9.17, 15) is 0 Å². The standard InChI is InChI=1S/C14H17NOS/c1-14(2,3)12-6-4-5-7-13(12)16-9-11-8-15-10-17-11/h4-8,10H,9H2,1-3H3. The van der Waals surface area contributed by atoms with E-state index >= 15 is 0 Å². The van der Waals surface area contributed by atoms with Gasteiger partial charge in [0, 0.05) is 6.20 Å². The smallest absolute Gasteiger partial charge is 0.124 e. The number of hydrogen-bond donors (Lipinski definition) is 0. The molecular weight excluding hydrogens is 230 g/mol. The molecule has 0 amide bonds. The zero-order valence-corrected chi connectivity index (χ0v) is 11.3. The van der Waals surface area contributed by atoms with Crippen LogP contribution in [0.25, 0.3) is 0 Å². The second kappa shape index (κ2) is 4.88. The lowest BCUT2D eigenvalue weighted by Gasteiger charge is -2.22. The molecule has 2 nitrogen and oxygen atoms in total. The Balaban J connectivity index is 2.16. The van der Waals surface area contributed by atoms with Crippen LogP contribution < -0.4 is 4.74 Å². The fraction of sp³-hybridized carbons (Fsp3) is 0.357. The van der Waals surface area contributed by atoms with Gasteiger partial charge in [-0.05, 0) is 17.0 Å². The van der Waals surface area contributed by atoms with Crippen molar-refractivity contribution in [1.82, 2.24) is 4.98 Å². The molecule has 3 heteroatoms. The van der Waals surface area contributed by atoms with Gasteiger partial charge in [-0.2, -0.15) is 0 Å². The molecule has 0 saturated carbocycles. The largest absolute Gasteiger partial charge is 0.488 e. The first kappa shape index (κ1) is 12.1. The van der Waals surface area contributed by atoms with Gasteiger partial charge in [0.2, 0.25) is 0 Å². The van der Waals surface area contributed by atoms with E-state index in [1.54, 1.807) is 11.3 Å². The van der Waals surface area contributed by atoms with Crippen molar-refractivity contribution in [2.24, 2.45) is 0 Å². The molecule has 17 heavy (non-hydrogen) atoms. The minimum Gasteiger partial charge on any atom is -0.488 e. The minimum atomic E-state index is 0.101. The van der Waals surface area contributed by atoms with E-state index in [1.807, 2.05) is 23.8 Å². The fourth-order valence-corrected chi connectivity index (χ4v) is 2.18. The monoisotopic (exact) mass is 247 g/mol. The maximum Gasteiger partial charge on any atom is 0.124 e. The van der Waals surface area contributed by atoms with E-state index in [-0.39, 0.29) is 5.41 Å². The fourth-order valence-electron chi connectivity index (χ4n) is 1.67. The molecule has 0 fully saturated rings. The van der Waals surface area contributed by atoms with Gasteiger partial charge in [0.1, 0.15) is 12.4 Å². The van der Waals surface area contributed by atoms with Crippen LogP contribution in [0.4, 0.5) is 0 Å². The van der Waals surface area contributed by atoms with E-state index in [0.29, 0.717) is 6.61 Å². The summed E-state index contributed by atoms with van der Waals surface area (Å²) in [6, 6.07) is 8.22. The van der Waals surface area contributed by atoms with E-state index < -0.39 is 0 Å². The summed E-state index contributed by atoms with van der Waals surface area (Å²) in [5, 5.41) is 0. The normalized spacial score (nSPS) is 11.5. The van der Waals surface area contributed by atoms with Crippen LogP contribution in [0.15, 0.2) is 36.0 Å². The Bertz CT molecular complexity index is 471. The minimum absolute atomic E-state index is 0.101. The van der Waals surface area contributed by atoms with Crippen LogP contribution >= 0.6 is 11.3 Å². The molecule has 0 unspecified atom stereocenters. The van der Waals surface area contributed by atoms with Crippen molar-refractivity contribution in [1.29, 1.82) is 0 Å². The van der Waals surface area contributed by atoms with Crippen molar-refractivity contribution in [3.8, 4) is 5.75 Å². The molecule has 0 aliphatic rings. The van der Waals surface area contributed by atoms with Crippen LogP contribution in [0.2, 0.25) is 0 Å². The molecule has 0 spiro atoms. The lowest BCUT2D eigenvalue weighted by atomic mass is 9.86. The highest BCUT2D eigenvalue weighted by Crippen LogP contribution is 2.31. The maximum atomic E-state index is 5.88. The summed E-state index contributed by atoms with van der Waals surface area (Å²) >= 11 is 1.62. The lowest BCUT2D eigenvalue weighted by molar-refractivity contribution is 0.300. The molecule has 2 rings (SSSR count). The molecule has 1 aromatic heterocycles. The molecule has 0 aliphatic carbocycles. The number of nitrogens with zero attached hydrogens (tertiary/aromatic N) is 1. The molecule has 0 aliphatic heterocycles. The van der Waals surface area contributed by atoms with Gasteiger partial charge in [-0.25, -0.2) is 0 Å². The van der Waals surface area contributed by atoms with Crippen LogP contribution in [0.3, 0.4) is 0 Å². The van der Waals surface area contributed by atoms with Crippen molar-refractivity contribution in [2.75, 3.05) is 0 Å². The molecule has 0 bridgehead atoms. The van der Waals surface area contributed by atoms with Gasteiger partial charge < -0.3 is 4.74 Å². The second-order valence-electron chi connectivity index (χ2n) is 5.00. The highest BCUT2D eigenvalue weighted by atomic mass is 32.1. The summed E-state index contributed by atoms with van der Waals surface area (Å²) in [6.07, 6.45) is 1.85. The first-order valence-corrected chi connectivity index (χ1v) is 6.55. The van der Waals surface area contributed by atoms with Gasteiger partial charge in [0.05, 0.1) is 10.4 Å². The van der Waals surface area contributed by atoms with Crippen molar-refractivity contribution < 1.29 is 4.74 Å². The summed E-state index contributed by atoms with van der Waals surface area (Å²) in [6.45, 7) is 7.18. The van der Waals surface area contributed by atoms with Crippen LogP contribution in [0.1, 0.15) is 31.2 Å². The van der Waals surface area contributed by atoms with Crippen LogP contribution in [-0.4, -0.2) is 4.98 Å². The first-order valence-electron chi connectivity index (χ1n) is 5.67. The third-order valence-corrected chi connectivity index (χ3v) is 3.30. The Kier molecular flexibility index (Phi) is 3.48. The van der Waals surface area contributed by atoms with Crippen molar-refractivity contribution >= 4 is 11.3 Å². The number of hydrogen-bond acceptors (Lipinski definition) is 3. The zero-order chi connectivity index (χ0) is 12.3. The molecule has 0 N–H and O–H groups in total. The van der Waals surface area contributed by atoms with Crippen LogP contribution in [-0.2, 0) is 12.0 Å². The quantitative estimate of drug-likeness (QED) is 0.817. The van der Waals surface area contributed by atoms with E-state index in [1.165, 1.54) is 5.56 Å². The molecule has 1 heterocycles. The molecule has 0 radical (unpaired) electrons. The average Bonchev–Trinajstić information content (AvgIpc) is 2.78. The Morgan fingerprint density at radius 3 is 2.65 bits per heavy atom. The Morgan fingerprint density at radius 1 is 1.24 bits per heavy atom. The van der Waals surface area contributed by atoms with E-state index in [4.69, 9.17) is 4.74 Å². The van der Waals surface area contributed by atoms with Crippen LogP contribution in [0.5, 0.6) is 5.75 Å². The van der Waals surface area contributed by atoms with Crippen LogP contribution in [0, 0.1) is 0 Å². The predicted molar refractivity (Wildman–Crippen MR) is 71.6 cm³/mol. The van der Waals surface area contributed by atoms with E-state index in [2.05, 4.69) is 37.9 Å². The first-order chi connectivity index (χ1) is 8.07. The van der Waals surface area contributed by atoms with Gasteiger partial charge in [-0.15, -0.1) is 11.3 Å². The van der Waals surface area contributed by atoms with Gasteiger partial charge in [0.25, 0.3) is 0 Å². The predicted octanol–water partition coefficient (Wildman–Crippen LogP) is 4.02. The maximum absolute atomic E-state index is 5.88. The Labute approximate surface area is 106 Å². The molecule has 1 aromatic carbocycles. The molecule has 0 saturated heterocycles. The van der Waals surface area contributed by atoms with Gasteiger partial charge in [-0.1, -0.05) is 39.0 Å². The third kappa shape index (κ3) is 3.07. The van der Waals surface area contributed by atoms with Gasteiger partial charge >= 0.3 is 0 Å². The summed E-state index contributed by atoms with van der Waals surface area (Å²) in [5.74, 6) is 0.966. The van der Waals surface area contributed by atoms with Gasteiger partial charge in [0.15, 0.2) is 0 Å². The summed E-state index contributed by atoms with van der Waals surface area (Å²) < 4.78 is 5.88. The number of rotatable bonds is 3. The summed E-state index contributed by atoms with van der Waals surface area (Å²) in [4.78, 5) is 5.19. The highest BCUT2D eigenvalue weighted by Gasteiger charge is 2.18. The zero-order valence-electron chi connectivity index (χ0n) is 10.4. The van der Waals surface area contributed by atoms with Gasteiger partial charge in [-0.3, -0.25) is 4.98 Å². The third-order valence-electron chi connectivity index (χ3n) is 2.55. The SMILES string of the molecule is CC(C)(C)c1ccccc1OCc1cncs1. The number of ether oxygens (including phenoxy) is 1. The topological polar surface area (TPSA) is 22.1 Å². The molecule has 2 aromatic rings. The average molecular weight is 247 g/mol. The highest BCUT2D eigenvalue weighted by molar-refractivity contribution is 7.09. The van der Waals surface area contributed by atoms with Crippen molar-refractivity contribution in [2.45, 2.75) is 32.8 Å². The number of aromatic nitrogens is 1. The number of para-hydroxylation sites is 1. The Morgan fingerprint density at radius 2 is 2.00 bits per heavy atom. The summed E-state index contributed by atoms with van der Waals surface area (Å²) in [5.41, 5.74) is 3.17. The molecule has 0 atom stereocenters. The van der Waals surface area contributed by atoms with Crippen molar-refractivity contribution in [3.05, 3.63) is 46.4 Å². The molecular formula is C14H17NOS. The number of thiazole rings is 1. The number of benzene rings is 1. The second-order valence-corrected chi connectivity index (χ2v) is 5.97.